The molecule has 1 rings (SSSR count). The summed E-state index contributed by atoms with van der Waals surface area (Å²) in [4.78, 5) is 0. The first-order valence-corrected chi connectivity index (χ1v) is 4.45. The minimum Gasteiger partial charge on any atom is -0.423 e. The number of benzene rings is 1. The average Bonchev–Trinajstić information content (AvgIpc) is 2.19. The van der Waals surface area contributed by atoms with Crippen LogP contribution < -0.4 is 10.4 Å². The Bertz CT molecular complexity index is 435. The molecule has 0 heterocycles. The maximum absolute atomic E-state index is 9.12. The zero-order valence-electron chi connectivity index (χ0n) is 8.14. The van der Waals surface area contributed by atoms with Crippen molar-refractivity contribution in [2.45, 2.75) is 6.92 Å². The molecule has 2 N–H and O–H groups in total. The van der Waals surface area contributed by atoms with Gasteiger partial charge in [-0.1, -0.05) is 43.0 Å². The van der Waals surface area contributed by atoms with Crippen molar-refractivity contribution >= 4 is 18.7 Å². The fourth-order valence-electron chi connectivity index (χ4n) is 1.37. The van der Waals surface area contributed by atoms with Crippen LogP contribution >= 0.6 is 0 Å². The summed E-state index contributed by atoms with van der Waals surface area (Å²) < 4.78 is 0. The van der Waals surface area contributed by atoms with E-state index in [4.69, 9.17) is 10.0 Å². The molecule has 0 spiro atoms. The summed E-state index contributed by atoms with van der Waals surface area (Å²) in [7, 11) is -1.48. The lowest BCUT2D eigenvalue weighted by atomic mass is 9.77. The van der Waals surface area contributed by atoms with Gasteiger partial charge in [0.05, 0.1) is 0 Å². The number of rotatable bonds is 2. The second-order valence-electron chi connectivity index (χ2n) is 2.91. The predicted octanol–water partition coefficient (Wildman–Crippen LogP) is -0.164. The lowest BCUT2D eigenvalue weighted by Crippen LogP contribution is -2.31. The minimum absolute atomic E-state index is 0.429. The molecule has 0 unspecified atom stereocenters. The molecule has 0 fully saturated rings. The van der Waals surface area contributed by atoms with E-state index in [0.29, 0.717) is 5.47 Å². The van der Waals surface area contributed by atoms with Crippen molar-refractivity contribution in [3.05, 3.63) is 47.4 Å². The zero-order chi connectivity index (χ0) is 10.6. The smallest absolute Gasteiger partial charge is 0.423 e. The Hall–Kier alpha value is -1.32. The highest BCUT2D eigenvalue weighted by Crippen LogP contribution is 1.94. The molecule has 1 aromatic rings. The first-order valence-electron chi connectivity index (χ1n) is 4.45. The molecule has 0 saturated carbocycles. The van der Waals surface area contributed by atoms with Crippen molar-refractivity contribution in [3.63, 3.8) is 0 Å². The van der Waals surface area contributed by atoms with Crippen LogP contribution in [0.5, 0.6) is 0 Å². The molecule has 0 aliphatic rings. The predicted molar refractivity (Wildman–Crippen MR) is 59.6 cm³/mol. The van der Waals surface area contributed by atoms with Crippen LogP contribution in [0.25, 0.3) is 11.5 Å². The van der Waals surface area contributed by atoms with Crippen molar-refractivity contribution in [2.24, 2.45) is 0 Å². The molecule has 0 atom stereocenters. The summed E-state index contributed by atoms with van der Waals surface area (Å²) in [5, 5.41) is 20.0. The molecule has 3 heteroatoms. The second kappa shape index (κ2) is 4.79. The fraction of sp³-hybridized carbons (Fsp3) is 0.0909. The Kier molecular flexibility index (Phi) is 3.68. The number of hydrogen-bond acceptors (Lipinski definition) is 2. The van der Waals surface area contributed by atoms with Crippen LogP contribution in [0.15, 0.2) is 36.9 Å². The standard InChI is InChI=1S/C11H13BO2/c1-3-9-7-5-6-8-10(9)11(4-2)12(13)14/h3-8,13-14H,2H2,1H3/b9-3-,11-10+. The summed E-state index contributed by atoms with van der Waals surface area (Å²) >= 11 is 0. The van der Waals surface area contributed by atoms with E-state index < -0.39 is 7.12 Å². The Balaban J connectivity index is 3.64. The van der Waals surface area contributed by atoms with Crippen LogP contribution in [0, 0.1) is 0 Å². The fourth-order valence-corrected chi connectivity index (χ4v) is 1.37. The van der Waals surface area contributed by atoms with E-state index in [0.717, 1.165) is 10.4 Å². The van der Waals surface area contributed by atoms with Gasteiger partial charge < -0.3 is 10.0 Å². The molecule has 0 aromatic heterocycles. The summed E-state index contributed by atoms with van der Waals surface area (Å²) in [6.45, 7) is 5.47. The molecule has 14 heavy (non-hydrogen) atoms. The number of allylic oxidation sites excluding steroid dienone is 1. The molecular formula is C11H13BO2. The highest BCUT2D eigenvalue weighted by atomic mass is 16.4. The molecule has 0 amide bonds. The lowest BCUT2D eigenvalue weighted by molar-refractivity contribution is 0.427. The molecule has 0 aliphatic carbocycles. The number of hydrogen-bond donors (Lipinski definition) is 2. The molecular weight excluding hydrogens is 175 g/mol. The third-order valence-corrected chi connectivity index (χ3v) is 2.08. The summed E-state index contributed by atoms with van der Waals surface area (Å²) in [5.41, 5.74) is 0.429. The van der Waals surface area contributed by atoms with Gasteiger partial charge in [0.15, 0.2) is 0 Å². The van der Waals surface area contributed by atoms with Gasteiger partial charge in [-0.2, -0.15) is 0 Å². The Morgan fingerprint density at radius 2 is 2.00 bits per heavy atom. The van der Waals surface area contributed by atoms with Gasteiger partial charge in [-0.15, -0.1) is 0 Å². The van der Waals surface area contributed by atoms with Crippen LogP contribution in [-0.4, -0.2) is 17.2 Å². The zero-order valence-corrected chi connectivity index (χ0v) is 8.14. The van der Waals surface area contributed by atoms with Gasteiger partial charge in [-0.05, 0) is 22.8 Å². The minimum atomic E-state index is -1.48. The van der Waals surface area contributed by atoms with Gasteiger partial charge in [0.25, 0.3) is 0 Å². The SMILES string of the molecule is C=C/C(B(O)O)=c1/cccc/c1=C/C. The molecule has 0 bridgehead atoms. The van der Waals surface area contributed by atoms with E-state index in [9.17, 15) is 0 Å². The maximum Gasteiger partial charge on any atom is 0.489 e. The summed E-state index contributed by atoms with van der Waals surface area (Å²) in [6, 6.07) is 7.52. The van der Waals surface area contributed by atoms with E-state index in [1.54, 1.807) is 0 Å². The van der Waals surface area contributed by atoms with Crippen LogP contribution in [0.4, 0.5) is 0 Å². The monoisotopic (exact) mass is 188 g/mol. The first-order chi connectivity index (χ1) is 6.70. The average molecular weight is 188 g/mol. The summed E-state index contributed by atoms with van der Waals surface area (Å²) in [5.74, 6) is 0. The van der Waals surface area contributed by atoms with E-state index in [1.807, 2.05) is 37.3 Å². The molecule has 0 saturated heterocycles. The largest absolute Gasteiger partial charge is 0.489 e. The van der Waals surface area contributed by atoms with E-state index in [-0.39, 0.29) is 0 Å². The Morgan fingerprint density at radius 1 is 1.36 bits per heavy atom. The van der Waals surface area contributed by atoms with E-state index in [1.165, 1.54) is 6.08 Å². The van der Waals surface area contributed by atoms with Gasteiger partial charge in [0, 0.05) is 0 Å². The molecule has 0 radical (unpaired) electrons. The van der Waals surface area contributed by atoms with E-state index >= 15 is 0 Å². The highest BCUT2D eigenvalue weighted by Gasteiger charge is 2.11. The van der Waals surface area contributed by atoms with Crippen LogP contribution in [0.3, 0.4) is 0 Å². The van der Waals surface area contributed by atoms with Crippen molar-refractivity contribution in [1.29, 1.82) is 0 Å². The van der Waals surface area contributed by atoms with Gasteiger partial charge in [-0.25, -0.2) is 0 Å². The molecule has 72 valence electrons. The summed E-state index contributed by atoms with van der Waals surface area (Å²) in [6.07, 6.45) is 3.38. The van der Waals surface area contributed by atoms with Gasteiger partial charge in [0.1, 0.15) is 0 Å². The molecule has 0 aliphatic heterocycles. The van der Waals surface area contributed by atoms with Gasteiger partial charge in [0.2, 0.25) is 0 Å². The Morgan fingerprint density at radius 3 is 2.50 bits per heavy atom. The van der Waals surface area contributed by atoms with Crippen LogP contribution in [0.1, 0.15) is 6.92 Å². The third-order valence-electron chi connectivity index (χ3n) is 2.08. The van der Waals surface area contributed by atoms with Crippen LogP contribution in [-0.2, 0) is 0 Å². The van der Waals surface area contributed by atoms with Gasteiger partial charge in [-0.3, -0.25) is 0 Å². The van der Waals surface area contributed by atoms with Crippen molar-refractivity contribution in [1.82, 2.24) is 0 Å². The van der Waals surface area contributed by atoms with Crippen molar-refractivity contribution in [2.75, 3.05) is 0 Å². The van der Waals surface area contributed by atoms with Crippen LogP contribution in [0.2, 0.25) is 0 Å². The normalized spacial score (nSPS) is 13.8. The lowest BCUT2D eigenvalue weighted by Gasteiger charge is -2.00. The van der Waals surface area contributed by atoms with E-state index in [2.05, 4.69) is 6.58 Å². The second-order valence-corrected chi connectivity index (χ2v) is 2.91. The van der Waals surface area contributed by atoms with Gasteiger partial charge >= 0.3 is 7.12 Å². The first kappa shape index (κ1) is 10.8. The maximum atomic E-state index is 9.12. The molecule has 2 nitrogen and oxygen atoms in total. The Labute approximate surface area is 83.7 Å². The molecule has 1 aromatic carbocycles. The quantitative estimate of drug-likeness (QED) is 0.633. The van der Waals surface area contributed by atoms with Crippen molar-refractivity contribution < 1.29 is 10.0 Å². The topological polar surface area (TPSA) is 40.5 Å². The highest BCUT2D eigenvalue weighted by molar-refractivity contribution is 6.64. The third kappa shape index (κ3) is 2.13. The van der Waals surface area contributed by atoms with Crippen molar-refractivity contribution in [3.8, 4) is 0 Å².